The van der Waals surface area contributed by atoms with Gasteiger partial charge in [0.2, 0.25) is 0 Å². The molecule has 1 aromatic heterocycles. The third kappa shape index (κ3) is 4.08. The first-order chi connectivity index (χ1) is 9.56. The van der Waals surface area contributed by atoms with Crippen LogP contribution in [0.15, 0.2) is 29.8 Å². The second-order valence-corrected chi connectivity index (χ2v) is 5.59. The first-order valence-corrected chi connectivity index (χ1v) is 7.27. The minimum absolute atomic E-state index is 0.0264. The molecule has 2 rings (SSSR count). The second-order valence-electron chi connectivity index (χ2n) is 3.85. The number of thiazole rings is 1. The standard InChI is InChI=1S/C12H11Cl2N3O2S/c13-7-1-2-8(9(14)5-7)10(18)6-16-11(19)17-12-15-3-4-20-12/h1-5,10,18H,6H2,(H2,15,16,17,19). The van der Waals surface area contributed by atoms with Gasteiger partial charge in [0, 0.05) is 33.7 Å². The molecule has 1 atom stereocenters. The number of carbonyl (C=O) groups is 1. The van der Waals surface area contributed by atoms with E-state index < -0.39 is 12.1 Å². The summed E-state index contributed by atoms with van der Waals surface area (Å²) in [6.45, 7) is 0.0264. The number of rotatable bonds is 4. The number of amides is 2. The molecular weight excluding hydrogens is 321 g/mol. The summed E-state index contributed by atoms with van der Waals surface area (Å²) in [5, 5.41) is 18.1. The van der Waals surface area contributed by atoms with Crippen LogP contribution in [-0.2, 0) is 0 Å². The summed E-state index contributed by atoms with van der Waals surface area (Å²) in [6.07, 6.45) is 0.671. The molecule has 1 unspecified atom stereocenters. The van der Waals surface area contributed by atoms with Crippen LogP contribution in [0.25, 0.3) is 0 Å². The zero-order valence-corrected chi connectivity index (χ0v) is 12.5. The second kappa shape index (κ2) is 6.90. The summed E-state index contributed by atoms with van der Waals surface area (Å²) < 4.78 is 0. The van der Waals surface area contributed by atoms with E-state index in [1.807, 2.05) is 0 Å². The van der Waals surface area contributed by atoms with Gasteiger partial charge in [-0.15, -0.1) is 11.3 Å². The maximum atomic E-state index is 11.6. The molecule has 0 saturated carbocycles. The number of hydrogen-bond donors (Lipinski definition) is 3. The minimum atomic E-state index is -0.915. The number of aromatic nitrogens is 1. The lowest BCUT2D eigenvalue weighted by Gasteiger charge is -2.14. The first-order valence-electron chi connectivity index (χ1n) is 5.63. The maximum absolute atomic E-state index is 11.6. The number of benzene rings is 1. The Morgan fingerprint density at radius 1 is 1.45 bits per heavy atom. The van der Waals surface area contributed by atoms with Crippen molar-refractivity contribution in [1.29, 1.82) is 0 Å². The third-order valence-electron chi connectivity index (χ3n) is 2.43. The third-order valence-corrected chi connectivity index (χ3v) is 3.68. The fourth-order valence-corrected chi connectivity index (χ4v) is 2.56. The number of urea groups is 1. The maximum Gasteiger partial charge on any atom is 0.321 e. The van der Waals surface area contributed by atoms with Crippen molar-refractivity contribution in [3.63, 3.8) is 0 Å². The lowest BCUT2D eigenvalue weighted by Crippen LogP contribution is -2.32. The average molecular weight is 332 g/mol. The Bertz CT molecular complexity index is 592. The number of nitrogens with zero attached hydrogens (tertiary/aromatic N) is 1. The van der Waals surface area contributed by atoms with E-state index in [1.54, 1.807) is 23.7 Å². The summed E-state index contributed by atoms with van der Waals surface area (Å²) in [6, 6.07) is 4.35. The Balaban J connectivity index is 1.88. The zero-order valence-electron chi connectivity index (χ0n) is 10.1. The molecule has 0 spiro atoms. The molecule has 0 fully saturated rings. The molecular formula is C12H11Cl2N3O2S. The van der Waals surface area contributed by atoms with Crippen LogP contribution >= 0.6 is 34.5 Å². The van der Waals surface area contributed by atoms with Gasteiger partial charge in [-0.2, -0.15) is 0 Å². The predicted molar refractivity (Wildman–Crippen MR) is 80.6 cm³/mol. The average Bonchev–Trinajstić information content (AvgIpc) is 2.89. The fraction of sp³-hybridized carbons (Fsp3) is 0.167. The summed E-state index contributed by atoms with van der Waals surface area (Å²) in [5.41, 5.74) is 0.505. The Labute approximate surface area is 129 Å². The number of hydrogen-bond acceptors (Lipinski definition) is 4. The monoisotopic (exact) mass is 331 g/mol. The molecule has 20 heavy (non-hydrogen) atoms. The molecule has 1 aromatic carbocycles. The Morgan fingerprint density at radius 3 is 2.90 bits per heavy atom. The number of nitrogens with one attached hydrogen (secondary N) is 2. The quantitative estimate of drug-likeness (QED) is 0.804. The smallest absolute Gasteiger partial charge is 0.321 e. The zero-order chi connectivity index (χ0) is 14.5. The lowest BCUT2D eigenvalue weighted by molar-refractivity contribution is 0.175. The van der Waals surface area contributed by atoms with Gasteiger partial charge in [0.25, 0.3) is 0 Å². The van der Waals surface area contributed by atoms with Gasteiger partial charge in [0.1, 0.15) is 0 Å². The molecule has 0 radical (unpaired) electrons. The van der Waals surface area contributed by atoms with Crippen molar-refractivity contribution in [1.82, 2.24) is 10.3 Å². The predicted octanol–water partition coefficient (Wildman–Crippen LogP) is 3.31. The van der Waals surface area contributed by atoms with E-state index in [1.165, 1.54) is 17.4 Å². The van der Waals surface area contributed by atoms with Gasteiger partial charge in [0.15, 0.2) is 5.13 Å². The number of aliphatic hydroxyl groups excluding tert-OH is 1. The lowest BCUT2D eigenvalue weighted by atomic mass is 10.1. The highest BCUT2D eigenvalue weighted by Crippen LogP contribution is 2.25. The summed E-state index contributed by atoms with van der Waals surface area (Å²) in [4.78, 5) is 15.5. The molecule has 0 saturated heterocycles. The van der Waals surface area contributed by atoms with E-state index >= 15 is 0 Å². The van der Waals surface area contributed by atoms with E-state index in [0.717, 1.165) is 0 Å². The minimum Gasteiger partial charge on any atom is -0.387 e. The van der Waals surface area contributed by atoms with Gasteiger partial charge in [-0.1, -0.05) is 29.3 Å². The highest BCUT2D eigenvalue weighted by Gasteiger charge is 2.13. The van der Waals surface area contributed by atoms with E-state index in [-0.39, 0.29) is 6.54 Å². The summed E-state index contributed by atoms with van der Waals surface area (Å²) in [5.74, 6) is 0. The van der Waals surface area contributed by atoms with E-state index in [9.17, 15) is 9.90 Å². The molecule has 0 aliphatic heterocycles. The van der Waals surface area contributed by atoms with E-state index in [0.29, 0.717) is 20.7 Å². The molecule has 106 valence electrons. The van der Waals surface area contributed by atoms with E-state index in [4.69, 9.17) is 23.2 Å². The van der Waals surface area contributed by atoms with Crippen LogP contribution in [0.5, 0.6) is 0 Å². The van der Waals surface area contributed by atoms with Crippen molar-refractivity contribution < 1.29 is 9.90 Å². The van der Waals surface area contributed by atoms with Crippen LogP contribution in [0.4, 0.5) is 9.93 Å². The molecule has 5 nitrogen and oxygen atoms in total. The Hall–Kier alpha value is -1.34. The Morgan fingerprint density at radius 2 is 2.25 bits per heavy atom. The van der Waals surface area contributed by atoms with Crippen LogP contribution < -0.4 is 10.6 Å². The van der Waals surface area contributed by atoms with Crippen LogP contribution in [0.3, 0.4) is 0 Å². The van der Waals surface area contributed by atoms with Crippen molar-refractivity contribution >= 4 is 45.7 Å². The molecule has 8 heteroatoms. The molecule has 0 aliphatic carbocycles. The SMILES string of the molecule is O=C(NCC(O)c1ccc(Cl)cc1Cl)Nc1nccs1. The van der Waals surface area contributed by atoms with Crippen LogP contribution in [-0.4, -0.2) is 22.7 Å². The summed E-state index contributed by atoms with van der Waals surface area (Å²) >= 11 is 13.1. The number of anilines is 1. The molecule has 2 amide bonds. The van der Waals surface area contributed by atoms with Crippen LogP contribution in [0.1, 0.15) is 11.7 Å². The van der Waals surface area contributed by atoms with Crippen molar-refractivity contribution in [3.8, 4) is 0 Å². The highest BCUT2D eigenvalue weighted by molar-refractivity contribution is 7.13. The van der Waals surface area contributed by atoms with Gasteiger partial charge < -0.3 is 10.4 Å². The van der Waals surface area contributed by atoms with Crippen LogP contribution in [0.2, 0.25) is 10.0 Å². The van der Waals surface area contributed by atoms with Crippen molar-refractivity contribution in [2.45, 2.75) is 6.10 Å². The first kappa shape index (κ1) is 15.1. The largest absolute Gasteiger partial charge is 0.387 e. The molecule has 2 aromatic rings. The Kier molecular flexibility index (Phi) is 5.19. The van der Waals surface area contributed by atoms with Gasteiger partial charge >= 0.3 is 6.03 Å². The van der Waals surface area contributed by atoms with E-state index in [2.05, 4.69) is 15.6 Å². The number of carbonyl (C=O) groups excluding carboxylic acids is 1. The summed E-state index contributed by atoms with van der Waals surface area (Å²) in [7, 11) is 0. The number of halogens is 2. The van der Waals surface area contributed by atoms with Crippen molar-refractivity contribution in [2.75, 3.05) is 11.9 Å². The fourth-order valence-electron chi connectivity index (χ4n) is 1.50. The van der Waals surface area contributed by atoms with Crippen LogP contribution in [0, 0.1) is 0 Å². The molecule has 1 heterocycles. The van der Waals surface area contributed by atoms with Crippen molar-refractivity contribution in [2.24, 2.45) is 0 Å². The molecule has 0 bridgehead atoms. The topological polar surface area (TPSA) is 74.2 Å². The van der Waals surface area contributed by atoms with Gasteiger partial charge in [-0.25, -0.2) is 9.78 Å². The highest BCUT2D eigenvalue weighted by atomic mass is 35.5. The molecule has 3 N–H and O–H groups in total. The van der Waals surface area contributed by atoms with Crippen molar-refractivity contribution in [3.05, 3.63) is 45.4 Å². The van der Waals surface area contributed by atoms with Gasteiger partial charge in [-0.3, -0.25) is 5.32 Å². The van der Waals surface area contributed by atoms with Gasteiger partial charge in [0.05, 0.1) is 6.10 Å². The van der Waals surface area contributed by atoms with Gasteiger partial charge in [-0.05, 0) is 12.1 Å². The molecule has 0 aliphatic rings. The number of aliphatic hydroxyl groups is 1. The normalized spacial score (nSPS) is 11.9.